The first-order valence-corrected chi connectivity index (χ1v) is 10.8. The summed E-state index contributed by atoms with van der Waals surface area (Å²) in [5.41, 5.74) is 3.75. The maximum absolute atomic E-state index is 14.0. The molecule has 2 aromatic rings. The van der Waals surface area contributed by atoms with Crippen molar-refractivity contribution in [2.45, 2.75) is 38.6 Å². The second kappa shape index (κ2) is 12.4. The van der Waals surface area contributed by atoms with Gasteiger partial charge in [-0.1, -0.05) is 17.7 Å². The Balaban J connectivity index is 0.000000414. The van der Waals surface area contributed by atoms with Gasteiger partial charge >= 0.3 is 11.9 Å². The molecule has 33 heavy (non-hydrogen) atoms. The van der Waals surface area contributed by atoms with E-state index in [1.54, 1.807) is 0 Å². The topological polar surface area (TPSA) is 108 Å². The van der Waals surface area contributed by atoms with Crippen molar-refractivity contribution in [3.63, 3.8) is 0 Å². The number of fused-ring (bicyclic) bond motifs is 1. The summed E-state index contributed by atoms with van der Waals surface area (Å²) in [6.07, 6.45) is 1.20. The molecular weight excluding hydrogens is 458 g/mol. The molecule has 7 nitrogen and oxygen atoms in total. The van der Waals surface area contributed by atoms with Crippen LogP contribution in [0, 0.1) is 11.6 Å². The highest BCUT2D eigenvalue weighted by atomic mass is 35.5. The average molecular weight is 485 g/mol. The van der Waals surface area contributed by atoms with E-state index in [1.807, 2.05) is 19.1 Å². The van der Waals surface area contributed by atoms with Crippen molar-refractivity contribution in [3.8, 4) is 5.75 Å². The van der Waals surface area contributed by atoms with Gasteiger partial charge in [0.2, 0.25) is 0 Å². The van der Waals surface area contributed by atoms with Crippen molar-refractivity contribution in [2.75, 3.05) is 25.5 Å². The van der Waals surface area contributed by atoms with Crippen LogP contribution in [0.4, 0.5) is 14.5 Å². The minimum Gasteiger partial charge on any atom is -0.491 e. The third kappa shape index (κ3) is 7.57. The van der Waals surface area contributed by atoms with Gasteiger partial charge < -0.3 is 25.6 Å². The van der Waals surface area contributed by atoms with Gasteiger partial charge in [0.05, 0.1) is 30.7 Å². The average Bonchev–Trinajstić information content (AvgIpc) is 3.00. The van der Waals surface area contributed by atoms with Crippen molar-refractivity contribution in [1.29, 1.82) is 0 Å². The van der Waals surface area contributed by atoms with Gasteiger partial charge in [-0.15, -0.1) is 0 Å². The van der Waals surface area contributed by atoms with Gasteiger partial charge in [-0.2, -0.15) is 0 Å². The van der Waals surface area contributed by atoms with E-state index in [0.717, 1.165) is 31.6 Å². The van der Waals surface area contributed by atoms with Crippen LogP contribution in [0.2, 0.25) is 5.02 Å². The number of nitrogens with one attached hydrogen (secondary N) is 2. The number of carboxylic acids is 2. The molecule has 1 heterocycles. The zero-order chi connectivity index (χ0) is 24.5. The van der Waals surface area contributed by atoms with Crippen LogP contribution in [0.3, 0.4) is 0 Å². The normalized spacial score (nSPS) is 13.6. The second-order valence-electron chi connectivity index (χ2n) is 7.48. The van der Waals surface area contributed by atoms with Crippen molar-refractivity contribution >= 4 is 29.2 Å². The lowest BCUT2D eigenvalue weighted by molar-refractivity contribution is -0.143. The standard InChI is InChI=1S/C19H21ClF2N2O.C4H6O4/c1-11(13-9-16(21)19(25-2)17(22)10-13)24-18-14-6-8-23-7-5-12(14)3-4-15(18)20;5-3(6)1-2-4(7)8/h3-4,9-11,23-24H,5-8H2,1-2H3;1-2H2,(H,5,6)(H,7,8). The number of ether oxygens (including phenoxy) is 1. The predicted molar refractivity (Wildman–Crippen MR) is 121 cm³/mol. The number of methoxy groups -OCH3 is 1. The van der Waals surface area contributed by atoms with Gasteiger partial charge in [0.25, 0.3) is 0 Å². The second-order valence-corrected chi connectivity index (χ2v) is 7.89. The van der Waals surface area contributed by atoms with Gasteiger partial charge in [-0.25, -0.2) is 8.78 Å². The maximum atomic E-state index is 14.0. The van der Waals surface area contributed by atoms with Crippen LogP contribution in [0.15, 0.2) is 24.3 Å². The van der Waals surface area contributed by atoms with Crippen LogP contribution in [0.25, 0.3) is 0 Å². The Kier molecular flexibility index (Phi) is 9.87. The smallest absolute Gasteiger partial charge is 0.303 e. The van der Waals surface area contributed by atoms with Crippen LogP contribution in [-0.4, -0.2) is 42.4 Å². The van der Waals surface area contributed by atoms with Gasteiger partial charge in [0.1, 0.15) is 0 Å². The number of hydrogen-bond donors (Lipinski definition) is 4. The number of halogens is 3. The summed E-state index contributed by atoms with van der Waals surface area (Å²) in [5, 5.41) is 23.1. The fraction of sp³-hybridized carbons (Fsp3) is 0.391. The highest BCUT2D eigenvalue weighted by Gasteiger charge is 2.19. The van der Waals surface area contributed by atoms with E-state index in [9.17, 15) is 18.4 Å². The van der Waals surface area contributed by atoms with Crippen LogP contribution in [-0.2, 0) is 22.4 Å². The number of aliphatic carboxylic acids is 2. The van der Waals surface area contributed by atoms with Crippen molar-refractivity contribution in [3.05, 3.63) is 57.6 Å². The Hall–Kier alpha value is -2.91. The Morgan fingerprint density at radius 1 is 1.12 bits per heavy atom. The lowest BCUT2D eigenvalue weighted by Crippen LogP contribution is -2.16. The molecule has 0 spiro atoms. The van der Waals surface area contributed by atoms with Crippen LogP contribution in [0.1, 0.15) is 42.5 Å². The number of carboxylic acid groups (broad SMARTS) is 2. The highest BCUT2D eigenvalue weighted by Crippen LogP contribution is 2.34. The fourth-order valence-electron chi connectivity index (χ4n) is 3.44. The van der Waals surface area contributed by atoms with Gasteiger partial charge in [0, 0.05) is 6.04 Å². The molecule has 0 fully saturated rings. The molecule has 4 N–H and O–H groups in total. The first kappa shape index (κ1) is 26.3. The first-order valence-electron chi connectivity index (χ1n) is 10.4. The van der Waals surface area contributed by atoms with Crippen LogP contribution >= 0.6 is 11.6 Å². The zero-order valence-electron chi connectivity index (χ0n) is 18.4. The molecule has 1 unspecified atom stereocenters. The Bertz CT molecular complexity index is 966. The Labute approximate surface area is 195 Å². The minimum atomic E-state index is -1.08. The maximum Gasteiger partial charge on any atom is 0.303 e. The minimum absolute atomic E-state index is 0.296. The lowest BCUT2D eigenvalue weighted by atomic mass is 9.99. The van der Waals surface area contributed by atoms with Gasteiger partial charge in [-0.05, 0) is 67.7 Å². The first-order chi connectivity index (χ1) is 15.6. The molecule has 1 aliphatic heterocycles. The largest absolute Gasteiger partial charge is 0.491 e. The number of anilines is 1. The predicted octanol–water partition coefficient (Wildman–Crippen LogP) is 4.42. The van der Waals surface area contributed by atoms with Gasteiger partial charge in [0.15, 0.2) is 17.4 Å². The van der Waals surface area contributed by atoms with Crippen molar-refractivity contribution in [2.24, 2.45) is 0 Å². The molecule has 0 saturated heterocycles. The highest BCUT2D eigenvalue weighted by molar-refractivity contribution is 6.33. The van der Waals surface area contributed by atoms with E-state index < -0.39 is 23.6 Å². The molecule has 0 aliphatic carbocycles. The van der Waals surface area contributed by atoms with E-state index in [-0.39, 0.29) is 24.6 Å². The van der Waals surface area contributed by atoms with Crippen molar-refractivity contribution in [1.82, 2.24) is 5.32 Å². The molecule has 0 aromatic heterocycles. The van der Waals surface area contributed by atoms with E-state index >= 15 is 0 Å². The quantitative estimate of drug-likeness (QED) is 0.460. The Morgan fingerprint density at radius 2 is 1.70 bits per heavy atom. The molecular formula is C23H27ClF2N2O5. The van der Waals surface area contributed by atoms with E-state index in [2.05, 4.69) is 10.6 Å². The Morgan fingerprint density at radius 3 is 2.24 bits per heavy atom. The molecule has 0 radical (unpaired) electrons. The van der Waals surface area contributed by atoms with Gasteiger partial charge in [-0.3, -0.25) is 9.59 Å². The van der Waals surface area contributed by atoms with E-state index in [1.165, 1.54) is 30.4 Å². The summed E-state index contributed by atoms with van der Waals surface area (Å²) in [5.74, 6) is -3.95. The summed E-state index contributed by atoms with van der Waals surface area (Å²) in [4.78, 5) is 19.3. The van der Waals surface area contributed by atoms with E-state index in [0.29, 0.717) is 10.6 Å². The molecule has 0 amide bonds. The SMILES string of the molecule is COc1c(F)cc(C(C)Nc2c(Cl)ccc3c2CCNCC3)cc1F.O=C(O)CCC(=O)O. The molecule has 10 heteroatoms. The number of rotatable bonds is 7. The fourth-order valence-corrected chi connectivity index (χ4v) is 3.67. The molecule has 1 atom stereocenters. The summed E-state index contributed by atoms with van der Waals surface area (Å²) in [7, 11) is 1.25. The molecule has 3 rings (SSSR count). The van der Waals surface area contributed by atoms with Crippen molar-refractivity contribution < 1.29 is 33.3 Å². The number of carbonyl (C=O) groups is 2. The monoisotopic (exact) mass is 484 g/mol. The third-order valence-electron chi connectivity index (χ3n) is 5.12. The lowest BCUT2D eigenvalue weighted by Gasteiger charge is -2.21. The van der Waals surface area contributed by atoms with E-state index in [4.69, 9.17) is 26.6 Å². The molecule has 0 bridgehead atoms. The summed E-state index contributed by atoms with van der Waals surface area (Å²) >= 11 is 6.41. The summed E-state index contributed by atoms with van der Waals surface area (Å²) < 4.78 is 32.7. The van der Waals surface area contributed by atoms with Crippen LogP contribution < -0.4 is 15.4 Å². The number of benzene rings is 2. The van der Waals surface area contributed by atoms with Crippen LogP contribution in [0.5, 0.6) is 5.75 Å². The third-order valence-corrected chi connectivity index (χ3v) is 5.44. The molecule has 180 valence electrons. The summed E-state index contributed by atoms with van der Waals surface area (Å²) in [6.45, 7) is 3.66. The number of hydrogen-bond acceptors (Lipinski definition) is 5. The molecule has 2 aromatic carbocycles. The molecule has 1 aliphatic rings. The zero-order valence-corrected chi connectivity index (χ0v) is 19.1. The summed E-state index contributed by atoms with van der Waals surface area (Å²) in [6, 6.07) is 6.19. The molecule has 0 saturated carbocycles.